The Morgan fingerprint density at radius 1 is 1.15 bits per heavy atom. The topological polar surface area (TPSA) is 36.4 Å². The van der Waals surface area contributed by atoms with E-state index < -0.39 is 0 Å². The molecule has 0 aliphatic carbocycles. The van der Waals surface area contributed by atoms with Crippen LogP contribution in [0.3, 0.4) is 0 Å². The molecule has 2 amide bonds. The molecule has 132 valence electrons. The van der Waals surface area contributed by atoms with E-state index >= 15 is 0 Å². The van der Waals surface area contributed by atoms with Crippen molar-refractivity contribution in [3.63, 3.8) is 0 Å². The summed E-state index contributed by atoms with van der Waals surface area (Å²) in [5.74, 6) is 0.752. The van der Waals surface area contributed by atoms with Crippen LogP contribution in [-0.2, 0) is 13.0 Å². The molecule has 4 rings (SSSR count). The molecule has 1 unspecified atom stereocenters. The number of rotatable bonds is 4. The summed E-state index contributed by atoms with van der Waals surface area (Å²) in [4.78, 5) is 22.7. The molecular formula is C21H21N3OS. The minimum atomic E-state index is 0.00105. The standard InChI is InChI=1S/C21H21N3OS/c1-15(13-17-7-4-3-5-8-17)23-14-18-9-6-11-22-20(18)24(21(23)25)19-10-12-26-16(19)2/h3-12,15H,13-14H2,1-2H3. The summed E-state index contributed by atoms with van der Waals surface area (Å²) in [5.41, 5.74) is 3.25. The second kappa shape index (κ2) is 6.92. The van der Waals surface area contributed by atoms with Gasteiger partial charge in [0.2, 0.25) is 0 Å². The molecule has 5 heteroatoms. The first-order valence-electron chi connectivity index (χ1n) is 8.78. The van der Waals surface area contributed by atoms with E-state index in [1.807, 2.05) is 47.5 Å². The van der Waals surface area contributed by atoms with Crippen molar-refractivity contribution in [2.75, 3.05) is 4.90 Å². The van der Waals surface area contributed by atoms with Crippen molar-refractivity contribution in [3.8, 4) is 0 Å². The van der Waals surface area contributed by atoms with Gasteiger partial charge >= 0.3 is 6.03 Å². The molecule has 0 saturated carbocycles. The van der Waals surface area contributed by atoms with Crippen molar-refractivity contribution in [2.45, 2.75) is 32.9 Å². The van der Waals surface area contributed by atoms with E-state index in [2.05, 4.69) is 30.1 Å². The summed E-state index contributed by atoms with van der Waals surface area (Å²) >= 11 is 1.65. The van der Waals surface area contributed by atoms with Crippen LogP contribution in [0.2, 0.25) is 0 Å². The Hall–Kier alpha value is -2.66. The van der Waals surface area contributed by atoms with Gasteiger partial charge in [0.1, 0.15) is 5.82 Å². The highest BCUT2D eigenvalue weighted by Gasteiger charge is 2.35. The third kappa shape index (κ3) is 2.99. The normalized spacial score (nSPS) is 15.1. The summed E-state index contributed by atoms with van der Waals surface area (Å²) in [6.07, 6.45) is 2.59. The minimum absolute atomic E-state index is 0.00105. The largest absolute Gasteiger partial charge is 0.330 e. The smallest absolute Gasteiger partial charge is 0.317 e. The molecule has 0 spiro atoms. The molecule has 2 aromatic heterocycles. The first-order chi connectivity index (χ1) is 12.6. The highest BCUT2D eigenvalue weighted by Crippen LogP contribution is 2.37. The molecule has 4 nitrogen and oxygen atoms in total. The monoisotopic (exact) mass is 363 g/mol. The minimum Gasteiger partial charge on any atom is -0.317 e. The van der Waals surface area contributed by atoms with Gasteiger partial charge in [-0.15, -0.1) is 11.3 Å². The van der Waals surface area contributed by atoms with Gasteiger partial charge in [0.15, 0.2) is 0 Å². The lowest BCUT2D eigenvalue weighted by molar-refractivity contribution is 0.180. The van der Waals surface area contributed by atoms with Crippen LogP contribution in [0.25, 0.3) is 0 Å². The predicted molar refractivity (Wildman–Crippen MR) is 106 cm³/mol. The van der Waals surface area contributed by atoms with E-state index in [1.165, 1.54) is 5.56 Å². The summed E-state index contributed by atoms with van der Waals surface area (Å²) in [6, 6.07) is 16.4. The molecule has 0 saturated heterocycles. The van der Waals surface area contributed by atoms with E-state index in [9.17, 15) is 4.79 Å². The van der Waals surface area contributed by atoms with Crippen molar-refractivity contribution in [2.24, 2.45) is 0 Å². The van der Waals surface area contributed by atoms with Gasteiger partial charge < -0.3 is 4.90 Å². The zero-order valence-electron chi connectivity index (χ0n) is 14.9. The number of hydrogen-bond donors (Lipinski definition) is 0. The number of aryl methyl sites for hydroxylation is 1. The van der Waals surface area contributed by atoms with Crippen LogP contribution in [-0.4, -0.2) is 22.0 Å². The maximum Gasteiger partial charge on any atom is 0.330 e. The van der Waals surface area contributed by atoms with Gasteiger partial charge in [0, 0.05) is 22.7 Å². The molecule has 1 aliphatic heterocycles. The molecule has 0 bridgehead atoms. The highest BCUT2D eigenvalue weighted by molar-refractivity contribution is 7.10. The molecular weight excluding hydrogens is 342 g/mol. The molecule has 3 heterocycles. The number of hydrogen-bond acceptors (Lipinski definition) is 3. The van der Waals surface area contributed by atoms with Gasteiger partial charge in [0.05, 0.1) is 12.2 Å². The zero-order chi connectivity index (χ0) is 18.1. The number of amides is 2. The Balaban J connectivity index is 1.70. The van der Waals surface area contributed by atoms with Gasteiger partial charge in [-0.1, -0.05) is 36.4 Å². The Morgan fingerprint density at radius 3 is 2.69 bits per heavy atom. The van der Waals surface area contributed by atoms with E-state index in [1.54, 1.807) is 22.4 Å². The lowest BCUT2D eigenvalue weighted by Crippen LogP contribution is -2.49. The van der Waals surface area contributed by atoms with Crippen LogP contribution >= 0.6 is 11.3 Å². The number of benzene rings is 1. The molecule has 1 atom stereocenters. The molecule has 1 aromatic carbocycles. The Labute approximate surface area is 157 Å². The predicted octanol–water partition coefficient (Wildman–Crippen LogP) is 5.16. The first-order valence-corrected chi connectivity index (χ1v) is 9.66. The second-order valence-electron chi connectivity index (χ2n) is 6.63. The average Bonchev–Trinajstić information content (AvgIpc) is 3.07. The number of carbonyl (C=O) groups excluding carboxylic acids is 1. The summed E-state index contributed by atoms with van der Waals surface area (Å²) in [6.45, 7) is 4.75. The van der Waals surface area contributed by atoms with Crippen LogP contribution in [0.4, 0.5) is 16.3 Å². The quantitative estimate of drug-likeness (QED) is 0.642. The molecule has 26 heavy (non-hydrogen) atoms. The van der Waals surface area contributed by atoms with Crippen molar-refractivity contribution in [3.05, 3.63) is 76.1 Å². The fourth-order valence-corrected chi connectivity index (χ4v) is 4.14. The van der Waals surface area contributed by atoms with E-state index in [-0.39, 0.29) is 12.1 Å². The maximum absolute atomic E-state index is 13.4. The average molecular weight is 363 g/mol. The van der Waals surface area contributed by atoms with Crippen molar-refractivity contribution >= 4 is 28.9 Å². The summed E-state index contributed by atoms with van der Waals surface area (Å²) < 4.78 is 0. The summed E-state index contributed by atoms with van der Waals surface area (Å²) in [5, 5.41) is 2.02. The number of carbonyl (C=O) groups is 1. The van der Waals surface area contributed by atoms with Gasteiger partial charge in [0.25, 0.3) is 0 Å². The molecule has 1 aliphatic rings. The van der Waals surface area contributed by atoms with Crippen LogP contribution in [0, 0.1) is 6.92 Å². The van der Waals surface area contributed by atoms with E-state index in [4.69, 9.17) is 0 Å². The second-order valence-corrected chi connectivity index (χ2v) is 7.75. The lowest BCUT2D eigenvalue weighted by atomic mass is 10.0. The number of nitrogens with zero attached hydrogens (tertiary/aromatic N) is 3. The Kier molecular flexibility index (Phi) is 4.47. The first kappa shape index (κ1) is 16.8. The van der Waals surface area contributed by atoms with Gasteiger partial charge in [-0.25, -0.2) is 14.7 Å². The van der Waals surface area contributed by atoms with Crippen LogP contribution in [0.15, 0.2) is 60.1 Å². The molecule has 0 fully saturated rings. The van der Waals surface area contributed by atoms with Crippen LogP contribution in [0.1, 0.15) is 22.9 Å². The van der Waals surface area contributed by atoms with Crippen LogP contribution < -0.4 is 4.90 Å². The number of thiophene rings is 1. The number of aromatic nitrogens is 1. The van der Waals surface area contributed by atoms with Gasteiger partial charge in [-0.05, 0) is 43.3 Å². The van der Waals surface area contributed by atoms with Gasteiger partial charge in [-0.3, -0.25) is 0 Å². The summed E-state index contributed by atoms with van der Waals surface area (Å²) in [7, 11) is 0. The van der Waals surface area contributed by atoms with Crippen molar-refractivity contribution < 1.29 is 4.79 Å². The zero-order valence-corrected chi connectivity index (χ0v) is 15.7. The Bertz CT molecular complexity index is 922. The lowest BCUT2D eigenvalue weighted by Gasteiger charge is -2.39. The maximum atomic E-state index is 13.4. The molecule has 0 N–H and O–H groups in total. The third-order valence-electron chi connectivity index (χ3n) is 4.84. The van der Waals surface area contributed by atoms with Gasteiger partial charge in [-0.2, -0.15) is 0 Å². The van der Waals surface area contributed by atoms with E-state index in [0.29, 0.717) is 6.54 Å². The van der Waals surface area contributed by atoms with Crippen molar-refractivity contribution in [1.29, 1.82) is 0 Å². The SMILES string of the molecule is Cc1sccc1N1C(=O)N(C(C)Cc2ccccc2)Cc2cccnc21. The molecule has 3 aromatic rings. The highest BCUT2D eigenvalue weighted by atomic mass is 32.1. The Morgan fingerprint density at radius 2 is 1.96 bits per heavy atom. The number of anilines is 2. The van der Waals surface area contributed by atoms with E-state index in [0.717, 1.165) is 28.4 Å². The number of pyridine rings is 1. The van der Waals surface area contributed by atoms with Crippen LogP contribution in [0.5, 0.6) is 0 Å². The fourth-order valence-electron chi connectivity index (χ4n) is 3.46. The molecule has 0 radical (unpaired) electrons. The number of urea groups is 1. The third-order valence-corrected chi connectivity index (χ3v) is 5.67. The fraction of sp³-hybridized carbons (Fsp3) is 0.238. The van der Waals surface area contributed by atoms with Crippen molar-refractivity contribution in [1.82, 2.24) is 9.88 Å². The number of fused-ring (bicyclic) bond motifs is 1.